The summed E-state index contributed by atoms with van der Waals surface area (Å²) >= 11 is 0. The van der Waals surface area contributed by atoms with Gasteiger partial charge in [0.25, 0.3) is 0 Å². The summed E-state index contributed by atoms with van der Waals surface area (Å²) in [5.74, 6) is 0.0494. The van der Waals surface area contributed by atoms with Gasteiger partial charge in [-0.05, 0) is 105 Å². The van der Waals surface area contributed by atoms with Gasteiger partial charge in [0.05, 0.1) is 18.1 Å². The maximum Gasteiger partial charge on any atom is 0.408 e. The minimum atomic E-state index is -0.795. The fourth-order valence-corrected chi connectivity index (χ4v) is 7.36. The van der Waals surface area contributed by atoms with E-state index in [4.69, 9.17) is 4.74 Å². The van der Waals surface area contributed by atoms with E-state index in [-0.39, 0.29) is 35.9 Å². The standard InChI is InChI=1S/C39H48N4O4/c1-39(2,3)47-38(46)43-35(37(45)42-33-17-9-13-28-11-5-7-15-31(28)33)22-25-18-20-26(21-19-25)29-23-34(40-24-29)36(44)41-32-16-8-12-27-10-4-6-14-30(27)32/h4-7,10-11,14-15,18-21,29,32-35,40H,8-9,12-13,16-17,22-24H2,1-3H3,(H,41,44)(H,42,45)(H,43,46)/t29-,32+,33?,34-,35-/m0/s1. The van der Waals surface area contributed by atoms with Gasteiger partial charge in [-0.2, -0.15) is 0 Å². The number of hydrogen-bond donors (Lipinski definition) is 4. The van der Waals surface area contributed by atoms with Gasteiger partial charge >= 0.3 is 6.09 Å². The molecule has 47 heavy (non-hydrogen) atoms. The molecule has 1 fully saturated rings. The third-order valence-corrected chi connectivity index (χ3v) is 9.72. The second kappa shape index (κ2) is 14.3. The fraction of sp³-hybridized carbons (Fsp3) is 0.462. The Bertz CT molecular complexity index is 1580. The van der Waals surface area contributed by atoms with E-state index < -0.39 is 17.7 Å². The number of carbonyl (C=O) groups excluding carboxylic acids is 3. The van der Waals surface area contributed by atoms with Gasteiger partial charge in [-0.15, -0.1) is 0 Å². The number of carbonyl (C=O) groups is 3. The molecule has 1 saturated heterocycles. The molecule has 3 aliphatic rings. The molecule has 0 spiro atoms. The van der Waals surface area contributed by atoms with Crippen LogP contribution in [0.2, 0.25) is 0 Å². The predicted octanol–water partition coefficient (Wildman–Crippen LogP) is 5.96. The van der Waals surface area contributed by atoms with Crippen molar-refractivity contribution in [2.45, 2.75) is 108 Å². The topological polar surface area (TPSA) is 109 Å². The normalized spacial score (nSPS) is 22.7. The quantitative estimate of drug-likeness (QED) is 0.244. The highest BCUT2D eigenvalue weighted by molar-refractivity contribution is 5.86. The number of nitrogens with one attached hydrogen (secondary N) is 4. The first kappa shape index (κ1) is 32.8. The molecule has 1 aliphatic heterocycles. The van der Waals surface area contributed by atoms with Crippen LogP contribution in [-0.2, 0) is 33.6 Å². The van der Waals surface area contributed by atoms with Gasteiger partial charge in [-0.1, -0.05) is 72.8 Å². The molecule has 3 amide bonds. The number of rotatable bonds is 8. The lowest BCUT2D eigenvalue weighted by atomic mass is 9.87. The van der Waals surface area contributed by atoms with E-state index in [1.807, 2.05) is 24.3 Å². The molecule has 0 radical (unpaired) electrons. The number of aryl methyl sites for hydroxylation is 2. The highest BCUT2D eigenvalue weighted by atomic mass is 16.6. The number of amides is 3. The minimum Gasteiger partial charge on any atom is -0.444 e. The molecule has 4 N–H and O–H groups in total. The summed E-state index contributed by atoms with van der Waals surface area (Å²) in [4.78, 5) is 39.8. The van der Waals surface area contributed by atoms with Gasteiger partial charge in [-0.25, -0.2) is 4.79 Å². The third-order valence-electron chi connectivity index (χ3n) is 9.72. The second-order valence-corrected chi connectivity index (χ2v) is 14.3. The van der Waals surface area contributed by atoms with Crippen LogP contribution >= 0.6 is 0 Å². The van der Waals surface area contributed by atoms with Crippen LogP contribution in [0.25, 0.3) is 0 Å². The minimum absolute atomic E-state index is 0.0634. The average Bonchev–Trinajstić information content (AvgIpc) is 3.55. The van der Waals surface area contributed by atoms with Crippen molar-refractivity contribution < 1.29 is 19.1 Å². The molecule has 1 heterocycles. The largest absolute Gasteiger partial charge is 0.444 e. The molecule has 248 valence electrons. The molecule has 3 aromatic carbocycles. The first-order valence-electron chi connectivity index (χ1n) is 17.2. The second-order valence-electron chi connectivity index (χ2n) is 14.3. The van der Waals surface area contributed by atoms with E-state index in [1.165, 1.54) is 16.7 Å². The first-order valence-corrected chi connectivity index (χ1v) is 17.2. The zero-order chi connectivity index (χ0) is 33.0. The van der Waals surface area contributed by atoms with Gasteiger partial charge < -0.3 is 26.0 Å². The van der Waals surface area contributed by atoms with Crippen molar-refractivity contribution in [3.63, 3.8) is 0 Å². The number of benzene rings is 3. The molecule has 2 aliphatic carbocycles. The van der Waals surface area contributed by atoms with E-state index >= 15 is 0 Å². The van der Waals surface area contributed by atoms with Crippen LogP contribution in [0.5, 0.6) is 0 Å². The fourth-order valence-electron chi connectivity index (χ4n) is 7.36. The Morgan fingerprint density at radius 3 is 2.04 bits per heavy atom. The van der Waals surface area contributed by atoms with Crippen molar-refractivity contribution >= 4 is 17.9 Å². The van der Waals surface area contributed by atoms with Crippen LogP contribution < -0.4 is 21.3 Å². The number of hydrogen-bond acceptors (Lipinski definition) is 5. The lowest BCUT2D eigenvalue weighted by Gasteiger charge is -2.29. The zero-order valence-corrected chi connectivity index (χ0v) is 27.8. The van der Waals surface area contributed by atoms with E-state index in [2.05, 4.69) is 69.8 Å². The lowest BCUT2D eigenvalue weighted by Crippen LogP contribution is -2.50. The summed E-state index contributed by atoms with van der Waals surface area (Å²) in [6, 6.07) is 23.8. The summed E-state index contributed by atoms with van der Waals surface area (Å²) in [5, 5.41) is 12.8. The predicted molar refractivity (Wildman–Crippen MR) is 183 cm³/mol. The van der Waals surface area contributed by atoms with Crippen LogP contribution in [0.15, 0.2) is 72.8 Å². The molecular weight excluding hydrogens is 588 g/mol. The molecule has 1 unspecified atom stereocenters. The van der Waals surface area contributed by atoms with Crippen molar-refractivity contribution in [2.75, 3.05) is 6.54 Å². The molecule has 0 aromatic heterocycles. The van der Waals surface area contributed by atoms with E-state index in [0.29, 0.717) is 6.42 Å². The summed E-state index contributed by atoms with van der Waals surface area (Å²) in [6.45, 7) is 6.15. The summed E-state index contributed by atoms with van der Waals surface area (Å²) in [5.41, 5.74) is 6.39. The summed E-state index contributed by atoms with van der Waals surface area (Å²) in [7, 11) is 0. The van der Waals surface area contributed by atoms with Gasteiger partial charge in [0.1, 0.15) is 11.6 Å². The summed E-state index contributed by atoms with van der Waals surface area (Å²) < 4.78 is 5.51. The number of ether oxygens (including phenoxy) is 1. The Balaban J connectivity index is 1.08. The average molecular weight is 637 g/mol. The van der Waals surface area contributed by atoms with Crippen molar-refractivity contribution in [2.24, 2.45) is 0 Å². The van der Waals surface area contributed by atoms with Crippen molar-refractivity contribution in [3.05, 3.63) is 106 Å². The molecule has 5 atom stereocenters. The Kier molecular flexibility index (Phi) is 9.97. The van der Waals surface area contributed by atoms with Crippen LogP contribution in [0.3, 0.4) is 0 Å². The number of fused-ring (bicyclic) bond motifs is 2. The maximum absolute atomic E-state index is 13.7. The molecular formula is C39H48N4O4. The Morgan fingerprint density at radius 1 is 0.830 bits per heavy atom. The van der Waals surface area contributed by atoms with Crippen LogP contribution in [0.4, 0.5) is 4.79 Å². The van der Waals surface area contributed by atoms with E-state index in [1.54, 1.807) is 20.8 Å². The Labute approximate surface area is 278 Å². The Hall–Kier alpha value is -4.17. The van der Waals surface area contributed by atoms with Crippen molar-refractivity contribution in [1.82, 2.24) is 21.3 Å². The molecule has 8 heteroatoms. The van der Waals surface area contributed by atoms with Crippen LogP contribution in [0, 0.1) is 0 Å². The molecule has 8 nitrogen and oxygen atoms in total. The smallest absolute Gasteiger partial charge is 0.408 e. The van der Waals surface area contributed by atoms with Crippen LogP contribution in [-0.4, -0.2) is 42.1 Å². The van der Waals surface area contributed by atoms with E-state index in [9.17, 15) is 14.4 Å². The molecule has 6 rings (SSSR count). The Morgan fingerprint density at radius 2 is 1.43 bits per heavy atom. The van der Waals surface area contributed by atoms with Gasteiger partial charge in [0.2, 0.25) is 11.8 Å². The van der Waals surface area contributed by atoms with E-state index in [0.717, 1.165) is 68.2 Å². The highest BCUT2D eigenvalue weighted by Crippen LogP contribution is 2.32. The zero-order valence-electron chi connectivity index (χ0n) is 27.8. The third kappa shape index (κ3) is 8.22. The highest BCUT2D eigenvalue weighted by Gasteiger charge is 2.33. The van der Waals surface area contributed by atoms with Gasteiger partial charge in [0, 0.05) is 13.0 Å². The first-order chi connectivity index (χ1) is 22.6. The molecule has 3 aromatic rings. The monoisotopic (exact) mass is 636 g/mol. The summed E-state index contributed by atoms with van der Waals surface area (Å²) in [6.07, 6.45) is 6.43. The molecule has 0 bridgehead atoms. The van der Waals surface area contributed by atoms with Crippen molar-refractivity contribution in [1.29, 1.82) is 0 Å². The molecule has 0 saturated carbocycles. The SMILES string of the molecule is CC(C)(C)OC(=O)N[C@@H](Cc1ccc([C@@H]2CN[C@H](C(=O)N[C@@H]3CCCc4ccccc43)C2)cc1)C(=O)NC1CCCc2ccccc21. The number of alkyl carbamates (subject to hydrolysis) is 1. The maximum atomic E-state index is 13.7. The van der Waals surface area contributed by atoms with Crippen LogP contribution in [0.1, 0.15) is 104 Å². The van der Waals surface area contributed by atoms with Gasteiger partial charge in [-0.3, -0.25) is 9.59 Å². The van der Waals surface area contributed by atoms with Crippen molar-refractivity contribution in [3.8, 4) is 0 Å². The lowest BCUT2D eigenvalue weighted by molar-refractivity contribution is -0.124. The van der Waals surface area contributed by atoms with Gasteiger partial charge in [0.15, 0.2) is 0 Å².